The second kappa shape index (κ2) is 8.16. The molecule has 0 fully saturated rings. The maximum absolute atomic E-state index is 5.66. The first kappa shape index (κ1) is 15.1. The van der Waals surface area contributed by atoms with Gasteiger partial charge in [0, 0.05) is 11.9 Å². The molecular formula is C10H17N2O2PS2. The lowest BCUT2D eigenvalue weighted by molar-refractivity contribution is 0.269. The van der Waals surface area contributed by atoms with Gasteiger partial charge in [0.05, 0.1) is 18.9 Å². The Labute approximate surface area is 111 Å². The fourth-order valence-corrected chi connectivity index (χ4v) is 5.30. The topological polar surface area (TPSA) is 44.2 Å². The van der Waals surface area contributed by atoms with E-state index < -0.39 is 5.69 Å². The van der Waals surface area contributed by atoms with Crippen LogP contribution in [0.4, 0.5) is 0 Å². The van der Waals surface area contributed by atoms with Crippen molar-refractivity contribution in [2.45, 2.75) is 26.0 Å². The van der Waals surface area contributed by atoms with Crippen LogP contribution in [-0.2, 0) is 26.6 Å². The first-order valence-corrected chi connectivity index (χ1v) is 9.71. The Hall–Kier alpha value is -0.000000000000000111. The molecule has 1 aromatic rings. The zero-order chi connectivity index (χ0) is 12.6. The van der Waals surface area contributed by atoms with Crippen LogP contribution in [0.25, 0.3) is 0 Å². The molecule has 0 saturated carbocycles. The minimum absolute atomic E-state index is 0.581. The molecule has 0 spiro atoms. The summed E-state index contributed by atoms with van der Waals surface area (Å²) < 4.78 is 11.2. The van der Waals surface area contributed by atoms with E-state index in [2.05, 4.69) is 16.9 Å². The van der Waals surface area contributed by atoms with E-state index in [1.165, 1.54) is 17.7 Å². The number of rotatable bonds is 8. The Morgan fingerprint density at radius 1 is 1.41 bits per heavy atom. The SMILES string of the molecule is CCCO[P@](=S)(OCC)SCc1ccncn1. The van der Waals surface area contributed by atoms with Gasteiger partial charge in [0.25, 0.3) is 0 Å². The highest BCUT2D eigenvalue weighted by atomic mass is 32.9. The molecule has 0 aliphatic carbocycles. The zero-order valence-electron chi connectivity index (χ0n) is 10.0. The summed E-state index contributed by atoms with van der Waals surface area (Å²) in [7, 11) is 0. The molecule has 1 heterocycles. The maximum atomic E-state index is 5.66. The highest BCUT2D eigenvalue weighted by Crippen LogP contribution is 2.61. The highest BCUT2D eigenvalue weighted by Gasteiger charge is 2.19. The lowest BCUT2D eigenvalue weighted by atomic mass is 10.5. The lowest BCUT2D eigenvalue weighted by Gasteiger charge is -2.20. The lowest BCUT2D eigenvalue weighted by Crippen LogP contribution is -1.95. The average Bonchev–Trinajstić information content (AvgIpc) is 2.36. The van der Waals surface area contributed by atoms with E-state index in [9.17, 15) is 0 Å². The van der Waals surface area contributed by atoms with Gasteiger partial charge in [-0.3, -0.25) is 0 Å². The molecule has 4 nitrogen and oxygen atoms in total. The van der Waals surface area contributed by atoms with Crippen molar-refractivity contribution in [1.82, 2.24) is 9.97 Å². The third-order valence-corrected chi connectivity index (χ3v) is 7.12. The monoisotopic (exact) mass is 292 g/mol. The van der Waals surface area contributed by atoms with Gasteiger partial charge in [-0.2, -0.15) is 0 Å². The van der Waals surface area contributed by atoms with Gasteiger partial charge in [-0.15, -0.1) is 0 Å². The van der Waals surface area contributed by atoms with E-state index in [4.69, 9.17) is 20.9 Å². The molecule has 1 aromatic heterocycles. The molecule has 0 bridgehead atoms. The molecule has 1 rings (SSSR count). The van der Waals surface area contributed by atoms with Gasteiger partial charge in [-0.25, -0.2) is 9.97 Å². The van der Waals surface area contributed by atoms with Crippen LogP contribution in [0.1, 0.15) is 26.0 Å². The Morgan fingerprint density at radius 2 is 2.24 bits per heavy atom. The Balaban J connectivity index is 2.52. The van der Waals surface area contributed by atoms with Crippen LogP contribution < -0.4 is 0 Å². The number of nitrogens with zero attached hydrogens (tertiary/aromatic N) is 2. The first-order chi connectivity index (χ1) is 8.20. The van der Waals surface area contributed by atoms with Crippen LogP contribution >= 0.6 is 17.1 Å². The van der Waals surface area contributed by atoms with E-state index in [1.54, 1.807) is 6.20 Å². The summed E-state index contributed by atoms with van der Waals surface area (Å²) >= 11 is 6.98. The second-order valence-corrected chi connectivity index (χ2v) is 9.48. The van der Waals surface area contributed by atoms with Crippen LogP contribution in [0.5, 0.6) is 0 Å². The van der Waals surface area contributed by atoms with E-state index >= 15 is 0 Å². The van der Waals surface area contributed by atoms with Crippen molar-refractivity contribution in [3.05, 3.63) is 24.3 Å². The molecule has 0 aliphatic heterocycles. The van der Waals surface area contributed by atoms with Crippen molar-refractivity contribution >= 4 is 28.9 Å². The predicted octanol–water partition coefficient (Wildman–Crippen LogP) is 3.40. The standard InChI is InChI=1S/C10H17N2O2PS2/c1-3-7-14-15(16,13-4-2)17-8-10-5-6-11-9-12-10/h5-6,9H,3-4,7-8H2,1-2H3/t15-/m0/s1. The molecule has 0 amide bonds. The number of hydrogen-bond donors (Lipinski definition) is 0. The normalized spacial score (nSPS) is 14.5. The summed E-state index contributed by atoms with van der Waals surface area (Å²) in [5.74, 6) is 0.698. The average molecular weight is 292 g/mol. The maximum Gasteiger partial charge on any atom is 0.247 e. The van der Waals surface area contributed by atoms with Crippen LogP contribution in [0.2, 0.25) is 0 Å². The molecule has 0 radical (unpaired) electrons. The smallest absolute Gasteiger partial charge is 0.247 e. The van der Waals surface area contributed by atoms with E-state index in [0.717, 1.165) is 12.1 Å². The Bertz CT molecular complexity index is 365. The van der Waals surface area contributed by atoms with Crippen molar-refractivity contribution in [2.24, 2.45) is 0 Å². The molecule has 7 heteroatoms. The fraction of sp³-hybridized carbons (Fsp3) is 0.600. The second-order valence-electron chi connectivity index (χ2n) is 3.17. The minimum atomic E-state index is -2.21. The molecule has 0 unspecified atom stereocenters. The van der Waals surface area contributed by atoms with Crippen molar-refractivity contribution < 1.29 is 9.05 Å². The molecule has 17 heavy (non-hydrogen) atoms. The third-order valence-electron chi connectivity index (χ3n) is 1.75. The van der Waals surface area contributed by atoms with Gasteiger partial charge in [-0.05, 0) is 31.2 Å². The summed E-state index contributed by atoms with van der Waals surface area (Å²) in [6.45, 7) is 5.22. The summed E-state index contributed by atoms with van der Waals surface area (Å²) in [6, 6.07) is 1.87. The Morgan fingerprint density at radius 3 is 2.82 bits per heavy atom. The molecule has 0 aliphatic rings. The summed E-state index contributed by atoms with van der Waals surface area (Å²) in [4.78, 5) is 8.03. The Kier molecular flexibility index (Phi) is 7.23. The van der Waals surface area contributed by atoms with Gasteiger partial charge in [0.15, 0.2) is 0 Å². The molecular weight excluding hydrogens is 275 g/mol. The zero-order valence-corrected chi connectivity index (χ0v) is 12.6. The van der Waals surface area contributed by atoms with Crippen molar-refractivity contribution in [3.63, 3.8) is 0 Å². The highest BCUT2D eigenvalue weighted by molar-refractivity contribution is 8.67. The molecule has 96 valence electrons. The molecule has 1 atom stereocenters. The minimum Gasteiger partial charge on any atom is -0.322 e. The summed E-state index contributed by atoms with van der Waals surface area (Å²) in [5, 5.41) is 0. The van der Waals surface area contributed by atoms with Gasteiger partial charge in [-0.1, -0.05) is 18.3 Å². The van der Waals surface area contributed by atoms with E-state index in [-0.39, 0.29) is 0 Å². The number of aromatic nitrogens is 2. The van der Waals surface area contributed by atoms with E-state index in [0.29, 0.717) is 19.0 Å². The van der Waals surface area contributed by atoms with E-state index in [1.807, 2.05) is 13.0 Å². The largest absolute Gasteiger partial charge is 0.322 e. The van der Waals surface area contributed by atoms with Gasteiger partial charge < -0.3 is 9.05 Å². The molecule has 0 N–H and O–H groups in total. The van der Waals surface area contributed by atoms with Gasteiger partial charge in [0.2, 0.25) is 5.69 Å². The van der Waals surface area contributed by atoms with Crippen molar-refractivity contribution in [1.29, 1.82) is 0 Å². The quantitative estimate of drug-likeness (QED) is 0.684. The van der Waals surface area contributed by atoms with Crippen LogP contribution in [0, 0.1) is 0 Å². The summed E-state index contributed by atoms with van der Waals surface area (Å²) in [5.41, 5.74) is -1.27. The van der Waals surface area contributed by atoms with Crippen LogP contribution in [-0.4, -0.2) is 23.2 Å². The third kappa shape index (κ3) is 5.93. The van der Waals surface area contributed by atoms with Crippen molar-refractivity contribution in [2.75, 3.05) is 13.2 Å². The van der Waals surface area contributed by atoms with Gasteiger partial charge in [0.1, 0.15) is 6.33 Å². The molecule has 0 aromatic carbocycles. The fourth-order valence-electron chi connectivity index (χ4n) is 1.02. The van der Waals surface area contributed by atoms with Crippen LogP contribution in [0.3, 0.4) is 0 Å². The van der Waals surface area contributed by atoms with Crippen molar-refractivity contribution in [3.8, 4) is 0 Å². The number of hydrogen-bond acceptors (Lipinski definition) is 6. The van der Waals surface area contributed by atoms with Gasteiger partial charge >= 0.3 is 0 Å². The van der Waals surface area contributed by atoms with Crippen LogP contribution in [0.15, 0.2) is 18.6 Å². The molecule has 0 saturated heterocycles. The first-order valence-electron chi connectivity index (χ1n) is 5.48. The predicted molar refractivity (Wildman–Crippen MR) is 75.5 cm³/mol. The summed E-state index contributed by atoms with van der Waals surface area (Å²) in [6.07, 6.45) is 4.20.